The highest BCUT2D eigenvalue weighted by Gasteiger charge is 2.45. The van der Waals surface area contributed by atoms with E-state index in [4.69, 9.17) is 5.73 Å². The highest BCUT2D eigenvalue weighted by Crippen LogP contribution is 2.27. The van der Waals surface area contributed by atoms with Gasteiger partial charge in [0.1, 0.15) is 48.3 Å². The lowest BCUT2D eigenvalue weighted by Crippen LogP contribution is -2.61. The van der Waals surface area contributed by atoms with Gasteiger partial charge < -0.3 is 52.5 Å². The molecule has 420 valence electrons. The second-order valence-corrected chi connectivity index (χ2v) is 22.3. The van der Waals surface area contributed by atoms with Crippen LogP contribution in [0.3, 0.4) is 0 Å². The quantitative estimate of drug-likeness (QED) is 0.0583. The van der Waals surface area contributed by atoms with Gasteiger partial charge in [-0.05, 0) is 85.3 Å². The summed E-state index contributed by atoms with van der Waals surface area (Å²) in [5, 5.41) is 26.8. The van der Waals surface area contributed by atoms with Crippen LogP contribution in [0.25, 0.3) is 0 Å². The van der Waals surface area contributed by atoms with E-state index >= 15 is 0 Å². The summed E-state index contributed by atoms with van der Waals surface area (Å²) in [6, 6.07) is 8.40. The fourth-order valence-electron chi connectivity index (χ4n) is 9.63. The lowest BCUT2D eigenvalue weighted by molar-refractivity contribution is -0.149. The van der Waals surface area contributed by atoms with E-state index < -0.39 is 119 Å². The van der Waals surface area contributed by atoms with Crippen molar-refractivity contribution in [3.05, 3.63) is 71.8 Å². The lowest BCUT2D eigenvalue weighted by Gasteiger charge is -2.35. The number of hydrogen-bond acceptors (Lipinski definition) is 11. The summed E-state index contributed by atoms with van der Waals surface area (Å²) in [5.41, 5.74) is 7.54. The average molecular weight is 1080 g/mol. The number of nitrogens with two attached hydrogens (primary N) is 1. The van der Waals surface area contributed by atoms with Gasteiger partial charge in [-0.2, -0.15) is 11.8 Å². The van der Waals surface area contributed by atoms with Crippen molar-refractivity contribution in [3.8, 4) is 0 Å². The number of carboxylic acids is 1. The van der Waals surface area contributed by atoms with E-state index in [1.54, 1.807) is 87.1 Å². The van der Waals surface area contributed by atoms with Crippen LogP contribution in [-0.2, 0) is 56.0 Å². The number of nitrogens with zero attached hydrogens (tertiary/aromatic N) is 2. The summed E-state index contributed by atoms with van der Waals surface area (Å²) in [4.78, 5) is 129. The largest absolute Gasteiger partial charge is 0.480 e. The van der Waals surface area contributed by atoms with E-state index in [1.165, 1.54) is 9.80 Å². The molecule has 4 rings (SSSR count). The van der Waals surface area contributed by atoms with Gasteiger partial charge in [0.15, 0.2) is 0 Å². The van der Waals surface area contributed by atoms with Crippen LogP contribution in [0.5, 0.6) is 0 Å². The number of hydrogen-bond donors (Lipinski definition) is 8. The minimum Gasteiger partial charge on any atom is -0.480 e. The molecule has 0 bridgehead atoms. The number of carboxylic acid groups (broad SMARTS) is 1. The van der Waals surface area contributed by atoms with Crippen LogP contribution >= 0.6 is 11.8 Å². The first-order chi connectivity index (χ1) is 36.1. The molecular weight excluding hydrogens is 991 g/mol. The van der Waals surface area contributed by atoms with E-state index in [9.17, 15) is 48.3 Å². The molecule has 2 aromatic rings. The Bertz CT molecular complexity index is 2270. The van der Waals surface area contributed by atoms with Crippen molar-refractivity contribution in [2.45, 2.75) is 174 Å². The highest BCUT2D eigenvalue weighted by atomic mass is 32.2. The first kappa shape index (κ1) is 62.5. The predicted octanol–water partition coefficient (Wildman–Crippen LogP) is 3.32. The van der Waals surface area contributed by atoms with Crippen molar-refractivity contribution < 1.29 is 48.3 Å². The van der Waals surface area contributed by atoms with Crippen molar-refractivity contribution in [2.24, 2.45) is 29.4 Å². The number of thioether (sulfide) groups is 1. The Morgan fingerprint density at radius 3 is 1.61 bits per heavy atom. The first-order valence-corrected chi connectivity index (χ1v) is 28.5. The number of carbonyl (C=O) groups excluding carboxylic acids is 8. The van der Waals surface area contributed by atoms with E-state index in [2.05, 4.69) is 31.9 Å². The zero-order valence-electron chi connectivity index (χ0n) is 46.0. The van der Waals surface area contributed by atoms with E-state index in [1.807, 2.05) is 46.9 Å². The van der Waals surface area contributed by atoms with Crippen LogP contribution in [0.2, 0.25) is 0 Å². The Balaban J connectivity index is 1.57. The summed E-state index contributed by atoms with van der Waals surface area (Å²) in [6.07, 6.45) is 5.29. The SMILES string of the molecule is CC[C@H](C)[C@H](NC(=O)[C@@H](NC(=O)[C@H](Cc1ccccc1)NC(=O)[C@H](Cc1ccccc1)NC(=O)[C@@H]1CCCN1C(=O)[C@@H]1CCCN1C(=O)[C@@H](NC(=O)[C@H](CC(C)C)NC(=O)[C@@H](N)CCSC)[C@@H](C)CC)C(C)C)C(=O)O. The number of carbonyl (C=O) groups is 9. The Morgan fingerprint density at radius 2 is 1.08 bits per heavy atom. The van der Waals surface area contributed by atoms with Crippen molar-refractivity contribution in [1.29, 1.82) is 0 Å². The maximum absolute atomic E-state index is 14.7. The molecule has 8 amide bonds. The summed E-state index contributed by atoms with van der Waals surface area (Å²) in [7, 11) is 0. The molecular formula is C56H85N9O10S. The van der Waals surface area contributed by atoms with Crippen LogP contribution in [0.1, 0.15) is 118 Å². The molecule has 0 saturated carbocycles. The van der Waals surface area contributed by atoms with E-state index in [0.717, 1.165) is 0 Å². The molecule has 0 unspecified atom stereocenters. The number of aliphatic carboxylic acids is 1. The van der Waals surface area contributed by atoms with Gasteiger partial charge in [-0.15, -0.1) is 0 Å². The van der Waals surface area contributed by atoms with E-state index in [-0.39, 0.29) is 44.2 Å². The van der Waals surface area contributed by atoms with Crippen LogP contribution < -0.4 is 37.6 Å². The van der Waals surface area contributed by atoms with Gasteiger partial charge in [0.05, 0.1) is 6.04 Å². The molecule has 19 nitrogen and oxygen atoms in total. The van der Waals surface area contributed by atoms with Crippen molar-refractivity contribution in [3.63, 3.8) is 0 Å². The molecule has 11 atom stereocenters. The maximum Gasteiger partial charge on any atom is 0.326 e. The van der Waals surface area contributed by atoms with Crippen LogP contribution in [-0.4, -0.2) is 148 Å². The molecule has 0 aliphatic carbocycles. The van der Waals surface area contributed by atoms with E-state index in [0.29, 0.717) is 61.8 Å². The third-order valence-electron chi connectivity index (χ3n) is 14.6. The molecule has 2 aliphatic heterocycles. The molecule has 9 N–H and O–H groups in total. The standard InChI is InChI=1S/C56H85N9O10S/c1-10-35(7)46(62-50(68)40(30-33(3)4)58-48(66)39(57)26-29-76-9)55(73)65-28-19-25-44(65)54(72)64-27-18-24-43(64)52(70)60-41(31-37-20-14-12-15-21-37)49(67)59-42(32-38-22-16-13-17-23-38)51(69)61-45(34(5)6)53(71)63-47(56(74)75)36(8)11-2/h12-17,20-23,33-36,39-47H,10-11,18-19,24-32,57H2,1-9H3,(H,58,66)(H,59,67)(H,60,70)(H,61,69)(H,62,68)(H,63,71)(H,74,75)/t35-,36-,39-,40-,41-,42-,43-,44-,45-,46-,47-/m0/s1. The molecule has 2 aromatic carbocycles. The monoisotopic (exact) mass is 1080 g/mol. The third-order valence-corrected chi connectivity index (χ3v) is 15.2. The second kappa shape index (κ2) is 30.7. The Kier molecular flexibility index (Phi) is 25.2. The number of likely N-dealkylation sites (tertiary alicyclic amines) is 2. The van der Waals surface area contributed by atoms with Gasteiger partial charge >= 0.3 is 5.97 Å². The molecule has 2 heterocycles. The summed E-state index contributed by atoms with van der Waals surface area (Å²) in [6.45, 7) is 15.0. The van der Waals surface area contributed by atoms with Crippen molar-refractivity contribution in [2.75, 3.05) is 25.1 Å². The fourth-order valence-corrected chi connectivity index (χ4v) is 10.1. The molecule has 0 aromatic heterocycles. The molecule has 20 heteroatoms. The Hall–Kier alpha value is -6.02. The number of nitrogens with one attached hydrogen (secondary N) is 6. The highest BCUT2D eigenvalue weighted by molar-refractivity contribution is 7.98. The van der Waals surface area contributed by atoms with Gasteiger partial charge in [-0.25, -0.2) is 4.79 Å². The van der Waals surface area contributed by atoms with Crippen LogP contribution in [0.15, 0.2) is 60.7 Å². The zero-order valence-corrected chi connectivity index (χ0v) is 46.8. The number of rotatable bonds is 29. The molecule has 0 radical (unpaired) electrons. The molecule has 2 saturated heterocycles. The lowest BCUT2D eigenvalue weighted by atomic mass is 9.95. The topological polar surface area (TPSA) is 279 Å². The van der Waals surface area contributed by atoms with Crippen LogP contribution in [0, 0.1) is 23.7 Å². The summed E-state index contributed by atoms with van der Waals surface area (Å²) in [5.74, 6) is -6.23. The second-order valence-electron chi connectivity index (χ2n) is 21.3. The fraction of sp³-hybridized carbons (Fsp3) is 0.625. The average Bonchev–Trinajstić information content (AvgIpc) is 4.11. The molecule has 76 heavy (non-hydrogen) atoms. The molecule has 0 spiro atoms. The zero-order chi connectivity index (χ0) is 56.2. The van der Waals surface area contributed by atoms with Gasteiger partial charge in [0, 0.05) is 25.9 Å². The smallest absolute Gasteiger partial charge is 0.326 e. The third kappa shape index (κ3) is 18.1. The minimum atomic E-state index is -1.25. The van der Waals surface area contributed by atoms with Gasteiger partial charge in [0.2, 0.25) is 47.3 Å². The van der Waals surface area contributed by atoms with Crippen LogP contribution in [0.4, 0.5) is 0 Å². The van der Waals surface area contributed by atoms with Gasteiger partial charge in [-0.1, -0.05) is 129 Å². The Labute approximate surface area is 453 Å². The first-order valence-electron chi connectivity index (χ1n) is 27.1. The minimum absolute atomic E-state index is 0.00679. The van der Waals surface area contributed by atoms with Gasteiger partial charge in [-0.3, -0.25) is 38.4 Å². The predicted molar refractivity (Wildman–Crippen MR) is 293 cm³/mol. The maximum atomic E-state index is 14.7. The molecule has 2 fully saturated rings. The van der Waals surface area contributed by atoms with Crippen molar-refractivity contribution in [1.82, 2.24) is 41.7 Å². The van der Waals surface area contributed by atoms with Crippen molar-refractivity contribution >= 4 is 65.0 Å². The number of amides is 8. The summed E-state index contributed by atoms with van der Waals surface area (Å²) >= 11 is 1.56. The Morgan fingerprint density at radius 1 is 0.605 bits per heavy atom. The normalized spacial score (nSPS) is 19.0. The summed E-state index contributed by atoms with van der Waals surface area (Å²) < 4.78 is 0. The van der Waals surface area contributed by atoms with Gasteiger partial charge in [0.25, 0.3) is 0 Å². The molecule has 2 aliphatic rings. The number of benzene rings is 2.